The molecule has 1 unspecified atom stereocenters. The molecule has 1 atom stereocenters. The Morgan fingerprint density at radius 3 is 2.79 bits per heavy atom. The standard InChI is InChI=1S/C9H15N3O2/c10-6-9-12-11-8(14-9)5-7-3-1-2-4-13-7/h7H,1-6,10H2. The monoisotopic (exact) mass is 197 g/mol. The van der Waals surface area contributed by atoms with Gasteiger partial charge in [0.15, 0.2) is 0 Å². The number of hydrogen-bond acceptors (Lipinski definition) is 5. The summed E-state index contributed by atoms with van der Waals surface area (Å²) in [7, 11) is 0. The van der Waals surface area contributed by atoms with E-state index < -0.39 is 0 Å². The molecule has 2 rings (SSSR count). The van der Waals surface area contributed by atoms with Crippen molar-refractivity contribution in [3.05, 3.63) is 11.8 Å². The molecule has 0 aliphatic carbocycles. The second kappa shape index (κ2) is 4.52. The lowest BCUT2D eigenvalue weighted by atomic mass is 10.1. The maximum absolute atomic E-state index is 5.57. The van der Waals surface area contributed by atoms with Crippen molar-refractivity contribution in [2.24, 2.45) is 5.73 Å². The fourth-order valence-corrected chi connectivity index (χ4v) is 1.62. The van der Waals surface area contributed by atoms with Crippen LogP contribution in [0, 0.1) is 0 Å². The third kappa shape index (κ3) is 2.30. The third-order valence-corrected chi connectivity index (χ3v) is 2.36. The molecule has 0 bridgehead atoms. The first-order chi connectivity index (χ1) is 6.88. The van der Waals surface area contributed by atoms with Crippen LogP contribution in [-0.2, 0) is 17.7 Å². The zero-order chi connectivity index (χ0) is 9.80. The summed E-state index contributed by atoms with van der Waals surface area (Å²) in [4.78, 5) is 0. The van der Waals surface area contributed by atoms with E-state index in [0.717, 1.165) is 19.4 Å². The van der Waals surface area contributed by atoms with Crippen LogP contribution in [0.1, 0.15) is 31.0 Å². The summed E-state index contributed by atoms with van der Waals surface area (Å²) in [6.07, 6.45) is 4.43. The summed E-state index contributed by atoms with van der Waals surface area (Å²) in [6, 6.07) is 0. The van der Waals surface area contributed by atoms with Crippen molar-refractivity contribution in [2.45, 2.75) is 38.3 Å². The molecular formula is C9H15N3O2. The highest BCUT2D eigenvalue weighted by Crippen LogP contribution is 2.16. The van der Waals surface area contributed by atoms with Crippen LogP contribution in [-0.4, -0.2) is 22.9 Å². The molecule has 0 radical (unpaired) electrons. The molecule has 1 saturated heterocycles. The van der Waals surface area contributed by atoms with Gasteiger partial charge in [0, 0.05) is 6.61 Å². The van der Waals surface area contributed by atoms with E-state index in [4.69, 9.17) is 14.9 Å². The Bertz CT molecular complexity index is 281. The first-order valence-corrected chi connectivity index (χ1v) is 5.01. The number of hydrogen-bond donors (Lipinski definition) is 1. The number of rotatable bonds is 3. The van der Waals surface area contributed by atoms with E-state index in [-0.39, 0.29) is 6.10 Å². The predicted octanol–water partition coefficient (Wildman–Crippen LogP) is 0.640. The van der Waals surface area contributed by atoms with Crippen LogP contribution in [0.4, 0.5) is 0 Å². The number of nitrogens with two attached hydrogens (primary N) is 1. The number of nitrogens with zero attached hydrogens (tertiary/aromatic N) is 2. The van der Waals surface area contributed by atoms with Crippen molar-refractivity contribution in [3.8, 4) is 0 Å². The second-order valence-electron chi connectivity index (χ2n) is 3.49. The van der Waals surface area contributed by atoms with Gasteiger partial charge in [-0.25, -0.2) is 0 Å². The highest BCUT2D eigenvalue weighted by atomic mass is 16.5. The van der Waals surface area contributed by atoms with E-state index in [0.29, 0.717) is 24.7 Å². The minimum absolute atomic E-state index is 0.245. The SMILES string of the molecule is NCc1nnc(CC2CCCCO2)o1. The maximum Gasteiger partial charge on any atom is 0.230 e. The fraction of sp³-hybridized carbons (Fsp3) is 0.778. The molecule has 14 heavy (non-hydrogen) atoms. The molecule has 1 aromatic rings. The molecule has 5 nitrogen and oxygen atoms in total. The van der Waals surface area contributed by atoms with Gasteiger partial charge in [-0.15, -0.1) is 10.2 Å². The topological polar surface area (TPSA) is 74.2 Å². The average Bonchev–Trinajstić information content (AvgIpc) is 2.67. The van der Waals surface area contributed by atoms with E-state index in [1.807, 2.05) is 0 Å². The number of ether oxygens (including phenoxy) is 1. The lowest BCUT2D eigenvalue weighted by molar-refractivity contribution is 0.0130. The van der Waals surface area contributed by atoms with Gasteiger partial charge in [-0.05, 0) is 19.3 Å². The number of aromatic nitrogens is 2. The molecule has 0 aromatic carbocycles. The van der Waals surface area contributed by atoms with Crippen LogP contribution < -0.4 is 5.73 Å². The quantitative estimate of drug-likeness (QED) is 0.769. The molecule has 2 heterocycles. The normalized spacial score (nSPS) is 22.5. The highest BCUT2D eigenvalue weighted by molar-refractivity contribution is 4.84. The van der Waals surface area contributed by atoms with E-state index in [2.05, 4.69) is 10.2 Å². The van der Waals surface area contributed by atoms with Crippen molar-refractivity contribution >= 4 is 0 Å². The van der Waals surface area contributed by atoms with Crippen molar-refractivity contribution in [3.63, 3.8) is 0 Å². The minimum Gasteiger partial charge on any atom is -0.424 e. The molecule has 5 heteroatoms. The first-order valence-electron chi connectivity index (χ1n) is 5.01. The lowest BCUT2D eigenvalue weighted by Gasteiger charge is -2.20. The van der Waals surface area contributed by atoms with Gasteiger partial charge >= 0.3 is 0 Å². The van der Waals surface area contributed by atoms with Crippen molar-refractivity contribution in [1.82, 2.24) is 10.2 Å². The lowest BCUT2D eigenvalue weighted by Crippen LogP contribution is -2.21. The predicted molar refractivity (Wildman–Crippen MR) is 49.5 cm³/mol. The molecule has 0 saturated carbocycles. The van der Waals surface area contributed by atoms with Crippen molar-refractivity contribution in [2.75, 3.05) is 6.61 Å². The van der Waals surface area contributed by atoms with E-state index in [9.17, 15) is 0 Å². The van der Waals surface area contributed by atoms with Crippen LogP contribution in [0.25, 0.3) is 0 Å². The summed E-state index contributed by atoms with van der Waals surface area (Å²) in [5.41, 5.74) is 5.37. The molecule has 0 amide bonds. The fourth-order valence-electron chi connectivity index (χ4n) is 1.62. The Labute approximate surface area is 82.6 Å². The van der Waals surface area contributed by atoms with Crippen molar-refractivity contribution < 1.29 is 9.15 Å². The smallest absolute Gasteiger partial charge is 0.230 e. The van der Waals surface area contributed by atoms with Gasteiger partial charge in [0.1, 0.15) is 0 Å². The van der Waals surface area contributed by atoms with Crippen LogP contribution in [0.15, 0.2) is 4.42 Å². The van der Waals surface area contributed by atoms with Crippen molar-refractivity contribution in [1.29, 1.82) is 0 Å². The summed E-state index contributed by atoms with van der Waals surface area (Å²) < 4.78 is 10.9. The summed E-state index contributed by atoms with van der Waals surface area (Å²) in [5, 5.41) is 7.71. The van der Waals surface area contributed by atoms with Gasteiger partial charge in [-0.2, -0.15) is 0 Å². The average molecular weight is 197 g/mol. The highest BCUT2D eigenvalue weighted by Gasteiger charge is 2.17. The maximum atomic E-state index is 5.57. The molecular weight excluding hydrogens is 182 g/mol. The largest absolute Gasteiger partial charge is 0.424 e. The Morgan fingerprint density at radius 2 is 2.14 bits per heavy atom. The Kier molecular flexibility index (Phi) is 3.10. The van der Waals surface area contributed by atoms with Gasteiger partial charge in [0.2, 0.25) is 11.8 Å². The molecule has 78 valence electrons. The van der Waals surface area contributed by atoms with E-state index >= 15 is 0 Å². The summed E-state index contributed by atoms with van der Waals surface area (Å²) in [5.74, 6) is 1.13. The molecule has 2 N–H and O–H groups in total. The van der Waals surface area contributed by atoms with Crippen LogP contribution in [0.2, 0.25) is 0 Å². The Hall–Kier alpha value is -0.940. The summed E-state index contributed by atoms with van der Waals surface area (Å²) >= 11 is 0. The zero-order valence-corrected chi connectivity index (χ0v) is 8.11. The Morgan fingerprint density at radius 1 is 1.29 bits per heavy atom. The molecule has 1 aliphatic rings. The third-order valence-electron chi connectivity index (χ3n) is 2.36. The summed E-state index contributed by atoms with van der Waals surface area (Å²) in [6.45, 7) is 1.15. The van der Waals surface area contributed by atoms with E-state index in [1.54, 1.807) is 0 Å². The van der Waals surface area contributed by atoms with Gasteiger partial charge in [-0.1, -0.05) is 0 Å². The van der Waals surface area contributed by atoms with Crippen LogP contribution in [0.5, 0.6) is 0 Å². The second-order valence-corrected chi connectivity index (χ2v) is 3.49. The van der Waals surface area contributed by atoms with Gasteiger partial charge < -0.3 is 14.9 Å². The molecule has 1 fully saturated rings. The van der Waals surface area contributed by atoms with Crippen LogP contribution in [0.3, 0.4) is 0 Å². The molecule has 0 spiro atoms. The van der Waals surface area contributed by atoms with Gasteiger partial charge in [-0.3, -0.25) is 0 Å². The zero-order valence-electron chi connectivity index (χ0n) is 8.11. The van der Waals surface area contributed by atoms with Gasteiger partial charge in [0.25, 0.3) is 0 Å². The molecule has 1 aromatic heterocycles. The van der Waals surface area contributed by atoms with Gasteiger partial charge in [0.05, 0.1) is 19.1 Å². The minimum atomic E-state index is 0.245. The van der Waals surface area contributed by atoms with Crippen LogP contribution >= 0.6 is 0 Å². The van der Waals surface area contributed by atoms with E-state index in [1.165, 1.54) is 6.42 Å². The Balaban J connectivity index is 1.89. The first kappa shape index (κ1) is 9.61. The molecule has 1 aliphatic heterocycles.